The molecule has 4 rings (SSSR count). The highest BCUT2D eigenvalue weighted by Crippen LogP contribution is 2.16. The van der Waals surface area contributed by atoms with Crippen LogP contribution >= 0.6 is 0 Å². The van der Waals surface area contributed by atoms with E-state index in [1.54, 1.807) is 0 Å². The Balaban J connectivity index is 1.40. The molecule has 0 aromatic carbocycles. The van der Waals surface area contributed by atoms with E-state index in [0.717, 1.165) is 44.9 Å². The summed E-state index contributed by atoms with van der Waals surface area (Å²) < 4.78 is 7.98. The number of fused-ring (bicyclic) bond motifs is 1. The van der Waals surface area contributed by atoms with Gasteiger partial charge in [-0.25, -0.2) is 9.50 Å². The highest BCUT2D eigenvalue weighted by Gasteiger charge is 2.23. The van der Waals surface area contributed by atoms with E-state index in [1.807, 2.05) is 29.2 Å². The molecule has 2 aromatic rings. The largest absolute Gasteiger partial charge is 0.376 e. The lowest BCUT2D eigenvalue weighted by Gasteiger charge is -2.31. The first-order chi connectivity index (χ1) is 11.9. The third kappa shape index (κ3) is 3.77. The van der Waals surface area contributed by atoms with Crippen molar-refractivity contribution in [2.45, 2.75) is 38.3 Å². The van der Waals surface area contributed by atoms with Gasteiger partial charge in [-0.15, -0.1) is 0 Å². The van der Waals surface area contributed by atoms with Crippen LogP contribution in [0.15, 0.2) is 24.7 Å². The molecule has 24 heavy (non-hydrogen) atoms. The Morgan fingerprint density at radius 2 is 1.96 bits per heavy atom. The lowest BCUT2D eigenvalue weighted by molar-refractivity contribution is 0.0217. The zero-order chi connectivity index (χ0) is 16.2. The van der Waals surface area contributed by atoms with Gasteiger partial charge in [0.25, 0.3) is 0 Å². The highest BCUT2D eigenvalue weighted by atomic mass is 16.5. The smallest absolute Gasteiger partial charge is 0.159 e. The third-order valence-corrected chi connectivity index (χ3v) is 5.09. The van der Waals surface area contributed by atoms with E-state index >= 15 is 0 Å². The van der Waals surface area contributed by atoms with Gasteiger partial charge in [0.15, 0.2) is 5.65 Å². The van der Waals surface area contributed by atoms with Crippen LogP contribution in [0.25, 0.3) is 5.65 Å². The van der Waals surface area contributed by atoms with Crippen molar-refractivity contribution in [1.29, 1.82) is 0 Å². The summed E-state index contributed by atoms with van der Waals surface area (Å²) in [7, 11) is 0. The zero-order valence-electron chi connectivity index (χ0n) is 14.3. The van der Waals surface area contributed by atoms with Gasteiger partial charge in [0.2, 0.25) is 0 Å². The Bertz CT molecular complexity index is 652. The van der Waals surface area contributed by atoms with Crippen LogP contribution in [0, 0.1) is 0 Å². The van der Waals surface area contributed by atoms with Crippen molar-refractivity contribution >= 4 is 5.65 Å². The average molecular weight is 329 g/mol. The maximum atomic E-state index is 6.12. The Hall–Kier alpha value is -1.50. The molecule has 2 aliphatic heterocycles. The summed E-state index contributed by atoms with van der Waals surface area (Å²) in [5.41, 5.74) is 2.17. The molecule has 0 saturated carbocycles. The van der Waals surface area contributed by atoms with Gasteiger partial charge < -0.3 is 9.64 Å². The summed E-state index contributed by atoms with van der Waals surface area (Å²) >= 11 is 0. The van der Waals surface area contributed by atoms with E-state index in [9.17, 15) is 0 Å². The van der Waals surface area contributed by atoms with Gasteiger partial charge in [0, 0.05) is 50.7 Å². The number of likely N-dealkylation sites (tertiary alicyclic amines) is 1. The Kier molecular flexibility index (Phi) is 5.06. The van der Waals surface area contributed by atoms with Crippen LogP contribution in [0.1, 0.15) is 31.2 Å². The van der Waals surface area contributed by atoms with Crippen molar-refractivity contribution in [3.63, 3.8) is 0 Å². The predicted molar refractivity (Wildman–Crippen MR) is 92.9 cm³/mol. The van der Waals surface area contributed by atoms with Crippen LogP contribution in [0.2, 0.25) is 0 Å². The van der Waals surface area contributed by atoms with Gasteiger partial charge in [-0.3, -0.25) is 4.90 Å². The van der Waals surface area contributed by atoms with Crippen molar-refractivity contribution in [2.75, 3.05) is 39.3 Å². The van der Waals surface area contributed by atoms with Crippen LogP contribution in [-0.4, -0.2) is 69.8 Å². The van der Waals surface area contributed by atoms with Gasteiger partial charge in [0.1, 0.15) is 0 Å². The topological polar surface area (TPSA) is 45.9 Å². The lowest BCUT2D eigenvalue weighted by Crippen LogP contribution is -2.42. The minimum Gasteiger partial charge on any atom is -0.376 e. The predicted octanol–water partition coefficient (Wildman–Crippen LogP) is 1.81. The van der Waals surface area contributed by atoms with Crippen LogP contribution in [0.5, 0.6) is 0 Å². The molecule has 4 heterocycles. The fraction of sp³-hybridized carbons (Fsp3) is 0.667. The molecule has 1 atom stereocenters. The van der Waals surface area contributed by atoms with Crippen molar-refractivity contribution < 1.29 is 4.74 Å². The number of nitrogens with zero attached hydrogens (tertiary/aromatic N) is 5. The number of piperidine rings is 1. The molecule has 0 unspecified atom stereocenters. The highest BCUT2D eigenvalue weighted by molar-refractivity contribution is 5.45. The first-order valence-electron chi connectivity index (χ1n) is 9.22. The molecule has 2 aliphatic rings. The number of aromatic nitrogens is 3. The molecule has 130 valence electrons. The summed E-state index contributed by atoms with van der Waals surface area (Å²) in [6.07, 6.45) is 11.2. The van der Waals surface area contributed by atoms with Gasteiger partial charge in [0.05, 0.1) is 12.3 Å². The number of hydrogen-bond acceptors (Lipinski definition) is 5. The van der Waals surface area contributed by atoms with Crippen LogP contribution < -0.4 is 0 Å². The van der Waals surface area contributed by atoms with Gasteiger partial charge >= 0.3 is 0 Å². The lowest BCUT2D eigenvalue weighted by atomic mass is 10.1. The summed E-state index contributed by atoms with van der Waals surface area (Å²) in [5, 5.41) is 4.41. The third-order valence-electron chi connectivity index (χ3n) is 5.09. The van der Waals surface area contributed by atoms with E-state index in [-0.39, 0.29) is 0 Å². The number of rotatable bonds is 4. The maximum Gasteiger partial charge on any atom is 0.159 e. The normalized spacial score (nSPS) is 24.2. The van der Waals surface area contributed by atoms with E-state index in [1.165, 1.54) is 37.9 Å². The van der Waals surface area contributed by atoms with Crippen molar-refractivity contribution in [3.8, 4) is 0 Å². The fourth-order valence-corrected chi connectivity index (χ4v) is 3.88. The molecule has 0 N–H and O–H groups in total. The molecule has 2 aromatic heterocycles. The standard InChI is InChI=1S/C18H27N5O/c1-2-7-21(8-3-1)14-17-15-22(9-5-11-24-17)13-16-12-20-23-10-4-6-19-18(16)23/h4,6,10,12,17H,1-3,5,7-9,11,13-15H2/t17-/m0/s1. The number of ether oxygens (including phenoxy) is 1. The van der Waals surface area contributed by atoms with E-state index in [0.29, 0.717) is 6.10 Å². The molecule has 2 saturated heterocycles. The second-order valence-corrected chi connectivity index (χ2v) is 7.00. The summed E-state index contributed by atoms with van der Waals surface area (Å²) in [6, 6.07) is 1.91. The second kappa shape index (κ2) is 7.59. The first kappa shape index (κ1) is 16.0. The molecule has 0 bridgehead atoms. The Labute approximate surface area is 143 Å². The average Bonchev–Trinajstić information content (AvgIpc) is 2.89. The van der Waals surface area contributed by atoms with Crippen LogP contribution in [-0.2, 0) is 11.3 Å². The minimum absolute atomic E-state index is 0.320. The summed E-state index contributed by atoms with van der Waals surface area (Å²) in [4.78, 5) is 9.56. The van der Waals surface area contributed by atoms with E-state index in [4.69, 9.17) is 4.74 Å². The maximum absolute atomic E-state index is 6.12. The molecule has 0 spiro atoms. The first-order valence-corrected chi connectivity index (χ1v) is 9.22. The molecule has 2 fully saturated rings. The van der Waals surface area contributed by atoms with Crippen molar-refractivity contribution in [2.24, 2.45) is 0 Å². The minimum atomic E-state index is 0.320. The Morgan fingerprint density at radius 1 is 1.08 bits per heavy atom. The molecule has 6 heteroatoms. The van der Waals surface area contributed by atoms with Crippen molar-refractivity contribution in [3.05, 3.63) is 30.2 Å². The molecule has 0 amide bonds. The van der Waals surface area contributed by atoms with Crippen molar-refractivity contribution in [1.82, 2.24) is 24.4 Å². The molecular formula is C18H27N5O. The number of hydrogen-bond donors (Lipinski definition) is 0. The van der Waals surface area contributed by atoms with Gasteiger partial charge in [-0.05, 0) is 38.4 Å². The van der Waals surface area contributed by atoms with Gasteiger partial charge in [-0.1, -0.05) is 6.42 Å². The quantitative estimate of drug-likeness (QED) is 0.856. The molecule has 6 nitrogen and oxygen atoms in total. The zero-order valence-corrected chi connectivity index (χ0v) is 14.3. The summed E-state index contributed by atoms with van der Waals surface area (Å²) in [5.74, 6) is 0. The fourth-order valence-electron chi connectivity index (χ4n) is 3.88. The van der Waals surface area contributed by atoms with E-state index in [2.05, 4.69) is 19.9 Å². The monoisotopic (exact) mass is 329 g/mol. The molecular weight excluding hydrogens is 302 g/mol. The molecule has 0 aliphatic carbocycles. The van der Waals surface area contributed by atoms with Crippen LogP contribution in [0.4, 0.5) is 0 Å². The summed E-state index contributed by atoms with van der Waals surface area (Å²) in [6.45, 7) is 7.41. The van der Waals surface area contributed by atoms with Crippen LogP contribution in [0.3, 0.4) is 0 Å². The Morgan fingerprint density at radius 3 is 2.88 bits per heavy atom. The SMILES string of the molecule is c1cnc2c(CN3CCCO[C@@H](CN4CCCCC4)C3)cnn2c1. The van der Waals surface area contributed by atoms with Gasteiger partial charge in [-0.2, -0.15) is 5.10 Å². The second-order valence-electron chi connectivity index (χ2n) is 7.00. The van der Waals surface area contributed by atoms with E-state index < -0.39 is 0 Å². The molecule has 0 radical (unpaired) electrons.